The van der Waals surface area contributed by atoms with Gasteiger partial charge < -0.3 is 29.6 Å². The molecule has 2 amide bonds. The van der Waals surface area contributed by atoms with E-state index in [0.717, 1.165) is 21.5 Å². The van der Waals surface area contributed by atoms with Crippen molar-refractivity contribution in [2.75, 3.05) is 6.61 Å². The molecule has 0 spiro atoms. The first kappa shape index (κ1) is 34.0. The van der Waals surface area contributed by atoms with Crippen LogP contribution in [0.1, 0.15) is 53.5 Å². The third-order valence-corrected chi connectivity index (χ3v) is 12.8. The lowest BCUT2D eigenvalue weighted by molar-refractivity contribution is 0.0409. The third kappa shape index (κ3) is 8.84. The Balaban J connectivity index is 1.60. The van der Waals surface area contributed by atoms with Gasteiger partial charge in [-0.05, 0) is 53.7 Å². The first-order valence-corrected chi connectivity index (χ1v) is 17.3. The molecule has 3 N–H and O–H groups in total. The number of carbonyl (C=O) groups excluding carboxylic acids is 2. The van der Waals surface area contributed by atoms with E-state index in [0.29, 0.717) is 6.42 Å². The Morgan fingerprint density at radius 3 is 1.82 bits per heavy atom. The lowest BCUT2D eigenvalue weighted by atomic mass is 9.88. The van der Waals surface area contributed by atoms with Crippen molar-refractivity contribution in [1.29, 1.82) is 0 Å². The number of benzene rings is 3. The van der Waals surface area contributed by atoms with Gasteiger partial charge in [0.2, 0.25) is 0 Å². The summed E-state index contributed by atoms with van der Waals surface area (Å²) in [6, 6.07) is 28.5. The fourth-order valence-corrected chi connectivity index (χ4v) is 10.4. The van der Waals surface area contributed by atoms with Gasteiger partial charge in [-0.3, -0.25) is 0 Å². The Bertz CT molecular complexity index is 1400. The summed E-state index contributed by atoms with van der Waals surface area (Å²) >= 11 is 0. The molecule has 1 aliphatic rings. The van der Waals surface area contributed by atoms with Gasteiger partial charge in [-0.2, -0.15) is 0 Å². The molecular weight excluding hydrogens is 584 g/mol. The number of rotatable bonds is 9. The van der Waals surface area contributed by atoms with Crippen LogP contribution in [-0.2, 0) is 20.5 Å². The van der Waals surface area contributed by atoms with Crippen LogP contribution in [0.15, 0.2) is 103 Å². The molecule has 9 heteroatoms. The van der Waals surface area contributed by atoms with Crippen LogP contribution in [0.25, 0.3) is 0 Å². The standard InChI is InChI=1S/C36H46N2O6Si/c1-35(2,3)44-34(41)38-32-30(37-33(40)42-24-26-16-10-7-11-17-26)22-27(23-31(32)39)25-43-45(36(4,5)6,28-18-12-8-13-19-28)29-20-14-9-15-21-29/h7-21,23,30-32,39H,22,24-25H2,1-6H3,(H,37,40)(H,38,41)/t30-,31+,32+/m0/s1. The van der Waals surface area contributed by atoms with Gasteiger partial charge in [-0.15, -0.1) is 0 Å². The normalized spacial score (nSPS) is 18.8. The molecule has 0 radical (unpaired) electrons. The number of hydrogen-bond donors (Lipinski definition) is 3. The van der Waals surface area contributed by atoms with Gasteiger partial charge in [-0.1, -0.05) is 118 Å². The topological polar surface area (TPSA) is 106 Å². The van der Waals surface area contributed by atoms with Crippen LogP contribution in [0.3, 0.4) is 0 Å². The average molecular weight is 631 g/mol. The van der Waals surface area contributed by atoms with Crippen molar-refractivity contribution in [3.8, 4) is 0 Å². The molecule has 0 saturated carbocycles. The van der Waals surface area contributed by atoms with Crippen LogP contribution in [0.5, 0.6) is 0 Å². The van der Waals surface area contributed by atoms with Gasteiger partial charge >= 0.3 is 12.2 Å². The van der Waals surface area contributed by atoms with E-state index in [9.17, 15) is 14.7 Å². The number of nitrogens with one attached hydrogen (secondary N) is 2. The van der Waals surface area contributed by atoms with E-state index in [1.807, 2.05) is 66.7 Å². The summed E-state index contributed by atoms with van der Waals surface area (Å²) in [7, 11) is -2.85. The molecule has 0 fully saturated rings. The number of ether oxygens (including phenoxy) is 2. The summed E-state index contributed by atoms with van der Waals surface area (Å²) in [5.74, 6) is 0. The lowest BCUT2D eigenvalue weighted by Crippen LogP contribution is -2.67. The zero-order chi connectivity index (χ0) is 32.7. The number of hydrogen-bond acceptors (Lipinski definition) is 6. The molecule has 0 bridgehead atoms. The molecular formula is C36H46N2O6Si. The minimum atomic E-state index is -2.85. The summed E-state index contributed by atoms with van der Waals surface area (Å²) in [5.41, 5.74) is 0.927. The van der Waals surface area contributed by atoms with Crippen molar-refractivity contribution < 1.29 is 28.6 Å². The molecule has 0 heterocycles. The van der Waals surface area contributed by atoms with E-state index in [1.165, 1.54) is 0 Å². The van der Waals surface area contributed by atoms with E-state index in [1.54, 1.807) is 26.8 Å². The second-order valence-electron chi connectivity index (χ2n) is 13.5. The molecule has 3 aromatic carbocycles. The fourth-order valence-electron chi connectivity index (χ4n) is 5.82. The molecule has 3 atom stereocenters. The van der Waals surface area contributed by atoms with Crippen LogP contribution < -0.4 is 21.0 Å². The lowest BCUT2D eigenvalue weighted by Gasteiger charge is -2.44. The van der Waals surface area contributed by atoms with Crippen molar-refractivity contribution in [1.82, 2.24) is 10.6 Å². The van der Waals surface area contributed by atoms with Gasteiger partial charge in [-0.25, -0.2) is 9.59 Å². The maximum absolute atomic E-state index is 13.0. The van der Waals surface area contributed by atoms with Gasteiger partial charge in [0.15, 0.2) is 0 Å². The minimum absolute atomic E-state index is 0.0891. The second kappa shape index (κ2) is 14.5. The molecule has 0 aromatic heterocycles. The molecule has 45 heavy (non-hydrogen) atoms. The molecule has 240 valence electrons. The van der Waals surface area contributed by atoms with E-state index in [2.05, 4.69) is 55.7 Å². The Morgan fingerprint density at radius 2 is 1.31 bits per heavy atom. The van der Waals surface area contributed by atoms with Crippen molar-refractivity contribution >= 4 is 30.9 Å². The van der Waals surface area contributed by atoms with E-state index in [-0.39, 0.29) is 18.3 Å². The Labute approximate surface area is 267 Å². The Morgan fingerprint density at radius 1 is 0.778 bits per heavy atom. The van der Waals surface area contributed by atoms with Gasteiger partial charge in [0.1, 0.15) is 12.2 Å². The molecule has 4 rings (SSSR count). The predicted molar refractivity (Wildman–Crippen MR) is 179 cm³/mol. The molecule has 8 nitrogen and oxygen atoms in total. The van der Waals surface area contributed by atoms with Gasteiger partial charge in [0, 0.05) is 0 Å². The molecule has 1 aliphatic carbocycles. The highest BCUT2D eigenvalue weighted by atomic mass is 28.4. The maximum atomic E-state index is 13.0. The fraction of sp³-hybridized carbons (Fsp3) is 0.389. The number of amides is 2. The summed E-state index contributed by atoms with van der Waals surface area (Å²) < 4.78 is 18.0. The Kier molecular flexibility index (Phi) is 10.9. The van der Waals surface area contributed by atoms with Crippen molar-refractivity contribution in [3.05, 3.63) is 108 Å². The van der Waals surface area contributed by atoms with Crippen LogP contribution >= 0.6 is 0 Å². The van der Waals surface area contributed by atoms with Crippen molar-refractivity contribution in [2.24, 2.45) is 0 Å². The van der Waals surface area contributed by atoms with E-state index in [4.69, 9.17) is 13.9 Å². The van der Waals surface area contributed by atoms with Gasteiger partial charge in [0.05, 0.1) is 24.8 Å². The number of aliphatic hydroxyl groups is 1. The average Bonchev–Trinajstić information content (AvgIpc) is 2.98. The number of carbonyl (C=O) groups is 2. The SMILES string of the molecule is CC(C)(C)OC(=O)N[C@H]1[C@H](O)C=C(CO[Si](c2ccccc2)(c2ccccc2)C(C)(C)C)C[C@@H]1NC(=O)OCc1ccccc1. The van der Waals surface area contributed by atoms with Crippen LogP contribution in [0.4, 0.5) is 9.59 Å². The third-order valence-electron chi connectivity index (χ3n) is 7.78. The molecule has 0 saturated heterocycles. The minimum Gasteiger partial charge on any atom is -0.445 e. The first-order valence-electron chi connectivity index (χ1n) is 15.4. The van der Waals surface area contributed by atoms with Crippen molar-refractivity contribution in [2.45, 2.75) is 83.4 Å². The largest absolute Gasteiger partial charge is 0.445 e. The van der Waals surface area contributed by atoms with Gasteiger partial charge in [0.25, 0.3) is 8.32 Å². The quantitative estimate of drug-likeness (QED) is 0.215. The maximum Gasteiger partial charge on any atom is 0.408 e. The molecule has 0 unspecified atom stereocenters. The second-order valence-corrected chi connectivity index (χ2v) is 17.8. The summed E-state index contributed by atoms with van der Waals surface area (Å²) in [5, 5.41) is 19.0. The predicted octanol–water partition coefficient (Wildman–Crippen LogP) is 5.44. The monoisotopic (exact) mass is 630 g/mol. The van der Waals surface area contributed by atoms with Crippen LogP contribution in [0.2, 0.25) is 5.04 Å². The summed E-state index contributed by atoms with van der Waals surface area (Å²) in [4.78, 5) is 25.7. The van der Waals surface area contributed by atoms with E-state index >= 15 is 0 Å². The number of alkyl carbamates (subject to hydrolysis) is 2. The van der Waals surface area contributed by atoms with Crippen LogP contribution in [-0.4, -0.2) is 56.0 Å². The highest BCUT2D eigenvalue weighted by Gasteiger charge is 2.50. The van der Waals surface area contributed by atoms with E-state index < -0.39 is 44.3 Å². The van der Waals surface area contributed by atoms with Crippen LogP contribution in [0, 0.1) is 0 Å². The first-order chi connectivity index (χ1) is 21.3. The highest BCUT2D eigenvalue weighted by Crippen LogP contribution is 2.37. The molecule has 0 aliphatic heterocycles. The Hall–Kier alpha value is -3.92. The smallest absolute Gasteiger partial charge is 0.408 e. The summed E-state index contributed by atoms with van der Waals surface area (Å²) in [6.45, 7) is 12.2. The zero-order valence-electron chi connectivity index (χ0n) is 27.1. The zero-order valence-corrected chi connectivity index (χ0v) is 28.1. The van der Waals surface area contributed by atoms with Crippen molar-refractivity contribution in [3.63, 3.8) is 0 Å². The number of aliphatic hydroxyl groups excluding tert-OH is 1. The molecule has 3 aromatic rings. The highest BCUT2D eigenvalue weighted by molar-refractivity contribution is 6.99. The summed E-state index contributed by atoms with van der Waals surface area (Å²) in [6.07, 6.45) is -0.398.